The monoisotopic (exact) mass is 348 g/mol. The van der Waals surface area contributed by atoms with E-state index >= 15 is 0 Å². The predicted octanol–water partition coefficient (Wildman–Crippen LogP) is -1.48. The number of nitrogens with one attached hydrogen (secondary N) is 3. The Bertz CT molecular complexity index is 626. The molecule has 0 unspecified atom stereocenters. The fraction of sp³-hybridized carbons (Fsp3) is 0.625. The van der Waals surface area contributed by atoms with Crippen molar-refractivity contribution < 1.29 is 14.4 Å². The molecule has 9 heteroatoms. The highest BCUT2D eigenvalue weighted by molar-refractivity contribution is 5.90. The molecule has 0 saturated carbocycles. The molecule has 2 aliphatic heterocycles. The summed E-state index contributed by atoms with van der Waals surface area (Å²) in [5.41, 5.74) is 6.11. The number of aromatic amines is 1. The molecular weight excluding hydrogens is 324 g/mol. The second-order valence-electron chi connectivity index (χ2n) is 6.66. The van der Waals surface area contributed by atoms with E-state index in [0.29, 0.717) is 25.9 Å². The summed E-state index contributed by atoms with van der Waals surface area (Å²) in [5.74, 6) is -1.06. The molecule has 136 valence electrons. The number of aromatic nitrogens is 2. The zero-order valence-corrected chi connectivity index (χ0v) is 14.0. The molecule has 3 amide bonds. The number of primary amides is 1. The number of nitrogens with two attached hydrogens (primary N) is 1. The average molecular weight is 348 g/mol. The van der Waals surface area contributed by atoms with Gasteiger partial charge < -0.3 is 26.3 Å². The van der Waals surface area contributed by atoms with Gasteiger partial charge >= 0.3 is 0 Å². The zero-order chi connectivity index (χ0) is 17.8. The van der Waals surface area contributed by atoms with E-state index in [4.69, 9.17) is 5.73 Å². The van der Waals surface area contributed by atoms with Crippen molar-refractivity contribution in [3.8, 4) is 0 Å². The maximum absolute atomic E-state index is 12.9. The number of likely N-dealkylation sites (tertiary alicyclic amines) is 1. The van der Waals surface area contributed by atoms with E-state index in [0.717, 1.165) is 25.1 Å². The van der Waals surface area contributed by atoms with E-state index in [-0.39, 0.29) is 29.7 Å². The van der Waals surface area contributed by atoms with Gasteiger partial charge in [-0.2, -0.15) is 0 Å². The molecule has 3 atom stereocenters. The number of rotatable bonds is 6. The van der Waals surface area contributed by atoms with Crippen LogP contribution in [0.5, 0.6) is 0 Å². The lowest BCUT2D eigenvalue weighted by atomic mass is 10.1. The second kappa shape index (κ2) is 7.64. The van der Waals surface area contributed by atoms with E-state index in [1.54, 1.807) is 11.1 Å². The molecule has 2 fully saturated rings. The molecule has 2 aliphatic rings. The molecule has 0 radical (unpaired) electrons. The molecule has 0 bridgehead atoms. The number of carbonyl (C=O) groups is 3. The molecule has 5 N–H and O–H groups in total. The van der Waals surface area contributed by atoms with E-state index < -0.39 is 6.04 Å². The molecule has 3 rings (SSSR count). The molecule has 3 heterocycles. The van der Waals surface area contributed by atoms with Gasteiger partial charge in [0.1, 0.15) is 6.04 Å². The van der Waals surface area contributed by atoms with Crippen molar-refractivity contribution in [2.45, 2.75) is 37.8 Å². The quantitative estimate of drug-likeness (QED) is 0.498. The lowest BCUT2D eigenvalue weighted by Crippen LogP contribution is -2.53. The Labute approximate surface area is 145 Å². The summed E-state index contributed by atoms with van der Waals surface area (Å²) in [7, 11) is 0. The fourth-order valence-corrected chi connectivity index (χ4v) is 3.41. The van der Waals surface area contributed by atoms with Crippen LogP contribution in [0.1, 0.15) is 25.0 Å². The van der Waals surface area contributed by atoms with Crippen LogP contribution in [-0.2, 0) is 20.8 Å². The zero-order valence-electron chi connectivity index (χ0n) is 14.0. The number of hydrogen-bond donors (Lipinski definition) is 4. The number of imidazole rings is 1. The largest absolute Gasteiger partial charge is 0.369 e. The number of nitrogens with zero attached hydrogens (tertiary/aromatic N) is 2. The molecular formula is C16H24N6O3. The third-order valence-electron chi connectivity index (χ3n) is 4.87. The van der Waals surface area contributed by atoms with Crippen molar-refractivity contribution in [2.75, 3.05) is 19.6 Å². The first-order valence-electron chi connectivity index (χ1n) is 8.63. The Kier molecular flexibility index (Phi) is 5.32. The maximum Gasteiger partial charge on any atom is 0.245 e. The first-order chi connectivity index (χ1) is 12.0. The molecule has 1 aromatic rings. The Morgan fingerprint density at radius 3 is 2.84 bits per heavy atom. The normalized spacial score (nSPS) is 24.2. The topological polar surface area (TPSA) is 133 Å². The standard InChI is InChI=1S/C16H24N6O3/c17-14(23)10-3-5-22(8-10)16(25)13(6-11-7-18-9-20-11)21-15(24)12-2-1-4-19-12/h7,9-10,12-13,19H,1-6,8H2,(H2,17,23)(H,18,20)(H,21,24)/t10-,12+,13+/m1/s1. The van der Waals surface area contributed by atoms with Crippen LogP contribution in [0.3, 0.4) is 0 Å². The summed E-state index contributed by atoms with van der Waals surface area (Å²) in [6.07, 6.45) is 5.78. The van der Waals surface area contributed by atoms with Gasteiger partial charge in [0.2, 0.25) is 17.7 Å². The summed E-state index contributed by atoms with van der Waals surface area (Å²) in [6, 6.07) is -0.948. The Morgan fingerprint density at radius 2 is 2.24 bits per heavy atom. The highest BCUT2D eigenvalue weighted by Gasteiger charge is 2.35. The van der Waals surface area contributed by atoms with Crippen molar-refractivity contribution >= 4 is 17.7 Å². The first kappa shape index (κ1) is 17.4. The van der Waals surface area contributed by atoms with Gasteiger partial charge in [-0.1, -0.05) is 0 Å². The summed E-state index contributed by atoms with van der Waals surface area (Å²) >= 11 is 0. The Morgan fingerprint density at radius 1 is 1.40 bits per heavy atom. The molecule has 25 heavy (non-hydrogen) atoms. The van der Waals surface area contributed by atoms with Crippen LogP contribution in [0.15, 0.2) is 12.5 Å². The van der Waals surface area contributed by atoms with Crippen molar-refractivity contribution in [3.63, 3.8) is 0 Å². The minimum atomic E-state index is -0.693. The molecule has 9 nitrogen and oxygen atoms in total. The fourth-order valence-electron chi connectivity index (χ4n) is 3.41. The van der Waals surface area contributed by atoms with Gasteiger partial charge in [0, 0.05) is 31.4 Å². The van der Waals surface area contributed by atoms with Gasteiger partial charge in [0.15, 0.2) is 0 Å². The van der Waals surface area contributed by atoms with Crippen LogP contribution in [0.25, 0.3) is 0 Å². The van der Waals surface area contributed by atoms with Crippen LogP contribution < -0.4 is 16.4 Å². The predicted molar refractivity (Wildman–Crippen MR) is 89.1 cm³/mol. The van der Waals surface area contributed by atoms with Gasteiger partial charge in [-0.05, 0) is 25.8 Å². The Hall–Kier alpha value is -2.42. The SMILES string of the molecule is NC(=O)[C@@H]1CCN(C(=O)[C@H](Cc2cnc[nH]2)NC(=O)[C@@H]2CCCN2)C1. The first-order valence-corrected chi connectivity index (χ1v) is 8.63. The van der Waals surface area contributed by atoms with Crippen LogP contribution in [-0.4, -0.2) is 64.3 Å². The van der Waals surface area contributed by atoms with Gasteiger partial charge in [0.25, 0.3) is 0 Å². The number of carbonyl (C=O) groups excluding carboxylic acids is 3. The smallest absolute Gasteiger partial charge is 0.245 e. The van der Waals surface area contributed by atoms with Crippen molar-refractivity contribution in [1.29, 1.82) is 0 Å². The third kappa shape index (κ3) is 4.16. The summed E-state index contributed by atoms with van der Waals surface area (Å²) in [6.45, 7) is 1.60. The minimum Gasteiger partial charge on any atom is -0.369 e. The molecule has 0 aliphatic carbocycles. The summed E-state index contributed by atoms with van der Waals surface area (Å²) < 4.78 is 0. The van der Waals surface area contributed by atoms with Gasteiger partial charge in [0.05, 0.1) is 18.3 Å². The maximum atomic E-state index is 12.9. The average Bonchev–Trinajstić information content (AvgIpc) is 3.34. The highest BCUT2D eigenvalue weighted by atomic mass is 16.2. The van der Waals surface area contributed by atoms with E-state index in [1.165, 1.54) is 6.33 Å². The van der Waals surface area contributed by atoms with Gasteiger partial charge in [-0.3, -0.25) is 14.4 Å². The Balaban J connectivity index is 1.67. The van der Waals surface area contributed by atoms with E-state index in [2.05, 4.69) is 20.6 Å². The highest BCUT2D eigenvalue weighted by Crippen LogP contribution is 2.17. The number of hydrogen-bond acceptors (Lipinski definition) is 5. The van der Waals surface area contributed by atoms with Crippen LogP contribution >= 0.6 is 0 Å². The summed E-state index contributed by atoms with van der Waals surface area (Å²) in [4.78, 5) is 45.2. The van der Waals surface area contributed by atoms with Crippen LogP contribution in [0, 0.1) is 5.92 Å². The van der Waals surface area contributed by atoms with Gasteiger partial charge in [-0.25, -0.2) is 4.98 Å². The third-order valence-corrected chi connectivity index (χ3v) is 4.87. The molecule has 0 spiro atoms. The van der Waals surface area contributed by atoms with Gasteiger partial charge in [-0.15, -0.1) is 0 Å². The molecule has 0 aromatic carbocycles. The molecule has 2 saturated heterocycles. The van der Waals surface area contributed by atoms with Crippen molar-refractivity contribution in [3.05, 3.63) is 18.2 Å². The van der Waals surface area contributed by atoms with Crippen molar-refractivity contribution in [2.24, 2.45) is 11.7 Å². The number of amides is 3. The van der Waals surface area contributed by atoms with E-state index in [1.807, 2.05) is 0 Å². The van der Waals surface area contributed by atoms with E-state index in [9.17, 15) is 14.4 Å². The van der Waals surface area contributed by atoms with Crippen LogP contribution in [0.2, 0.25) is 0 Å². The number of H-pyrrole nitrogens is 1. The lowest BCUT2D eigenvalue weighted by molar-refractivity contribution is -0.136. The lowest BCUT2D eigenvalue weighted by Gasteiger charge is -2.25. The summed E-state index contributed by atoms with van der Waals surface area (Å²) in [5, 5.41) is 5.99. The minimum absolute atomic E-state index is 0.166. The van der Waals surface area contributed by atoms with Crippen molar-refractivity contribution in [1.82, 2.24) is 25.5 Å². The molecule has 1 aromatic heterocycles. The second-order valence-corrected chi connectivity index (χ2v) is 6.66. The van der Waals surface area contributed by atoms with Crippen LogP contribution in [0.4, 0.5) is 0 Å².